The summed E-state index contributed by atoms with van der Waals surface area (Å²) >= 11 is 0. The zero-order valence-electron chi connectivity index (χ0n) is 14.0. The van der Waals surface area contributed by atoms with Crippen LogP contribution in [0.2, 0.25) is 0 Å². The van der Waals surface area contributed by atoms with Crippen LogP contribution >= 0.6 is 0 Å². The van der Waals surface area contributed by atoms with Crippen LogP contribution < -0.4 is 5.73 Å². The summed E-state index contributed by atoms with van der Waals surface area (Å²) in [6.45, 7) is 1.31. The highest BCUT2D eigenvalue weighted by Crippen LogP contribution is 2.42. The molecule has 2 fully saturated rings. The maximum Gasteiger partial charge on any atom is 0.391 e. The Morgan fingerprint density at radius 3 is 2.56 bits per heavy atom. The molecule has 2 aliphatic rings. The van der Waals surface area contributed by atoms with Gasteiger partial charge in [0.2, 0.25) is 5.91 Å². The van der Waals surface area contributed by atoms with Crippen LogP contribution in [0.4, 0.5) is 13.2 Å². The number of likely N-dealkylation sites (tertiary alicyclic amines) is 1. The van der Waals surface area contributed by atoms with E-state index in [9.17, 15) is 18.0 Å². The summed E-state index contributed by atoms with van der Waals surface area (Å²) in [4.78, 5) is 22.0. The van der Waals surface area contributed by atoms with Crippen molar-refractivity contribution in [1.29, 1.82) is 0 Å². The lowest BCUT2D eigenvalue weighted by Crippen LogP contribution is -2.39. The van der Waals surface area contributed by atoms with Gasteiger partial charge in [-0.1, -0.05) is 0 Å². The minimum atomic E-state index is -4.10. The predicted octanol–water partition coefficient (Wildman–Crippen LogP) is 2.76. The maximum atomic E-state index is 12.8. The Kier molecular flexibility index (Phi) is 5.27. The summed E-state index contributed by atoms with van der Waals surface area (Å²) in [5.41, 5.74) is 7.03. The van der Waals surface area contributed by atoms with E-state index in [0.29, 0.717) is 19.4 Å². The minimum absolute atomic E-state index is 0.0471. The van der Waals surface area contributed by atoms with Crippen LogP contribution in [0.5, 0.6) is 0 Å². The first kappa shape index (κ1) is 18.1. The maximum absolute atomic E-state index is 12.8. The molecule has 0 spiro atoms. The van der Waals surface area contributed by atoms with Crippen molar-refractivity contribution in [3.8, 4) is 0 Å². The first-order chi connectivity index (χ1) is 11.8. The average molecular weight is 356 g/mol. The van der Waals surface area contributed by atoms with Gasteiger partial charge in [-0.2, -0.15) is 13.2 Å². The predicted molar refractivity (Wildman–Crippen MR) is 85.4 cm³/mol. The number of alkyl halides is 3. The second-order valence-corrected chi connectivity index (χ2v) is 7.06. The molecule has 2 heterocycles. The van der Waals surface area contributed by atoms with Crippen molar-refractivity contribution in [2.45, 2.75) is 63.2 Å². The number of amides is 1. The van der Waals surface area contributed by atoms with Gasteiger partial charge in [-0.25, -0.2) is 9.97 Å². The zero-order valence-corrected chi connectivity index (χ0v) is 14.0. The molecule has 0 bridgehead atoms. The lowest BCUT2D eigenvalue weighted by Gasteiger charge is -2.29. The molecule has 1 saturated heterocycles. The summed E-state index contributed by atoms with van der Waals surface area (Å²) in [5.74, 6) is -1.46. The van der Waals surface area contributed by atoms with Crippen molar-refractivity contribution in [2.75, 3.05) is 6.54 Å². The van der Waals surface area contributed by atoms with Gasteiger partial charge in [0.25, 0.3) is 0 Å². The molecule has 1 amide bonds. The molecule has 2 N–H and O–H groups in total. The van der Waals surface area contributed by atoms with Gasteiger partial charge >= 0.3 is 6.18 Å². The Balaban J connectivity index is 1.63. The van der Waals surface area contributed by atoms with Gasteiger partial charge in [-0.3, -0.25) is 9.69 Å². The van der Waals surface area contributed by atoms with Crippen molar-refractivity contribution in [3.63, 3.8) is 0 Å². The Hall–Kier alpha value is -1.70. The molecule has 8 heteroatoms. The molecule has 1 saturated carbocycles. The summed E-state index contributed by atoms with van der Waals surface area (Å²) in [5, 5.41) is 0. The summed E-state index contributed by atoms with van der Waals surface area (Å²) < 4.78 is 38.4. The fourth-order valence-electron chi connectivity index (χ4n) is 3.99. The van der Waals surface area contributed by atoms with Crippen LogP contribution in [0.15, 0.2) is 12.4 Å². The van der Waals surface area contributed by atoms with Gasteiger partial charge < -0.3 is 5.73 Å². The molecule has 5 nitrogen and oxygen atoms in total. The lowest BCUT2D eigenvalue weighted by atomic mass is 9.80. The fourth-order valence-corrected chi connectivity index (χ4v) is 3.99. The second kappa shape index (κ2) is 7.27. The van der Waals surface area contributed by atoms with Crippen molar-refractivity contribution in [1.82, 2.24) is 14.9 Å². The van der Waals surface area contributed by atoms with E-state index < -0.39 is 12.1 Å². The fraction of sp³-hybridized carbons (Fsp3) is 0.706. The molecule has 3 rings (SSSR count). The molecule has 1 unspecified atom stereocenters. The third-order valence-corrected chi connectivity index (χ3v) is 5.41. The average Bonchev–Trinajstić information content (AvgIpc) is 3.03. The van der Waals surface area contributed by atoms with Crippen LogP contribution in [0.3, 0.4) is 0 Å². The molecule has 1 aliphatic carbocycles. The van der Waals surface area contributed by atoms with Gasteiger partial charge in [0, 0.05) is 18.2 Å². The quantitative estimate of drug-likeness (QED) is 0.900. The number of halogens is 3. The standard InChI is InChI=1S/C17H23F3N4O/c18-17(19,20)12-5-3-11(4-6-12)14-8-13(22-10-23-14)9-24-7-1-2-15(24)16(21)25/h8,10-12,15H,1-7,9H2,(H2,21,25). The minimum Gasteiger partial charge on any atom is -0.368 e. The molecule has 1 aliphatic heterocycles. The molecule has 25 heavy (non-hydrogen) atoms. The zero-order chi connectivity index (χ0) is 18.0. The third kappa shape index (κ3) is 4.29. The molecule has 1 atom stereocenters. The van der Waals surface area contributed by atoms with E-state index in [2.05, 4.69) is 9.97 Å². The number of carbonyl (C=O) groups excluding carboxylic acids is 1. The monoisotopic (exact) mass is 356 g/mol. The number of carbonyl (C=O) groups is 1. The van der Waals surface area contributed by atoms with E-state index in [1.165, 1.54) is 6.33 Å². The molecule has 1 aromatic heterocycles. The number of nitrogens with two attached hydrogens (primary N) is 1. The molecule has 1 aromatic rings. The number of nitrogens with zero attached hydrogens (tertiary/aromatic N) is 3. The number of aromatic nitrogens is 2. The molecule has 0 aromatic carbocycles. The molecular weight excluding hydrogens is 333 g/mol. The molecule has 138 valence electrons. The van der Waals surface area contributed by atoms with Crippen LogP contribution in [-0.2, 0) is 11.3 Å². The normalized spacial score (nSPS) is 28.2. The first-order valence-electron chi connectivity index (χ1n) is 8.75. The number of rotatable bonds is 4. The van der Waals surface area contributed by atoms with Crippen molar-refractivity contribution in [2.24, 2.45) is 11.7 Å². The van der Waals surface area contributed by atoms with E-state index in [1.54, 1.807) is 0 Å². The van der Waals surface area contributed by atoms with E-state index in [1.807, 2.05) is 11.0 Å². The Bertz CT molecular complexity index is 614. The van der Waals surface area contributed by atoms with Crippen LogP contribution in [0, 0.1) is 5.92 Å². The van der Waals surface area contributed by atoms with E-state index in [0.717, 1.165) is 30.8 Å². The summed E-state index contributed by atoms with van der Waals surface area (Å²) in [6.07, 6.45) is 0.355. The Labute approximate surface area is 144 Å². The SMILES string of the molecule is NC(=O)C1CCCN1Cc1cc(C2CCC(C(F)(F)F)CC2)ncn1. The first-order valence-corrected chi connectivity index (χ1v) is 8.75. The number of hydrogen-bond donors (Lipinski definition) is 1. The van der Waals surface area contributed by atoms with E-state index in [-0.39, 0.29) is 30.7 Å². The van der Waals surface area contributed by atoms with E-state index >= 15 is 0 Å². The molecule has 0 radical (unpaired) electrons. The molecular formula is C17H23F3N4O. The summed E-state index contributed by atoms with van der Waals surface area (Å²) in [6, 6.07) is 1.61. The highest BCUT2D eigenvalue weighted by molar-refractivity contribution is 5.80. The topological polar surface area (TPSA) is 72.1 Å². The van der Waals surface area contributed by atoms with Gasteiger partial charge in [-0.05, 0) is 51.1 Å². The van der Waals surface area contributed by atoms with E-state index in [4.69, 9.17) is 5.73 Å². The van der Waals surface area contributed by atoms with Gasteiger partial charge in [-0.15, -0.1) is 0 Å². The Morgan fingerprint density at radius 2 is 1.92 bits per heavy atom. The second-order valence-electron chi connectivity index (χ2n) is 7.06. The Morgan fingerprint density at radius 1 is 1.20 bits per heavy atom. The van der Waals surface area contributed by atoms with Crippen LogP contribution in [-0.4, -0.2) is 39.5 Å². The van der Waals surface area contributed by atoms with Crippen molar-refractivity contribution >= 4 is 5.91 Å². The highest BCUT2D eigenvalue weighted by atomic mass is 19.4. The van der Waals surface area contributed by atoms with Gasteiger partial charge in [0.15, 0.2) is 0 Å². The van der Waals surface area contributed by atoms with Gasteiger partial charge in [0.1, 0.15) is 6.33 Å². The summed E-state index contributed by atoms with van der Waals surface area (Å²) in [7, 11) is 0. The van der Waals surface area contributed by atoms with Gasteiger partial charge in [0.05, 0.1) is 17.7 Å². The van der Waals surface area contributed by atoms with Crippen LogP contribution in [0.1, 0.15) is 55.8 Å². The number of hydrogen-bond acceptors (Lipinski definition) is 4. The smallest absolute Gasteiger partial charge is 0.368 e. The number of primary amides is 1. The van der Waals surface area contributed by atoms with Crippen LogP contribution in [0.25, 0.3) is 0 Å². The van der Waals surface area contributed by atoms with Crippen molar-refractivity contribution < 1.29 is 18.0 Å². The van der Waals surface area contributed by atoms with Crippen molar-refractivity contribution in [3.05, 3.63) is 23.8 Å². The lowest BCUT2D eigenvalue weighted by molar-refractivity contribution is -0.182. The largest absolute Gasteiger partial charge is 0.391 e. The highest BCUT2D eigenvalue weighted by Gasteiger charge is 2.41. The third-order valence-electron chi connectivity index (χ3n) is 5.41.